The van der Waals surface area contributed by atoms with Crippen molar-refractivity contribution in [1.82, 2.24) is 0 Å². The number of nitriles is 2. The molecule has 0 N–H and O–H groups in total. The van der Waals surface area contributed by atoms with Crippen LogP contribution in [-0.2, 0) is 18.1 Å². The molecule has 0 unspecified atom stereocenters. The maximum atomic E-state index is 12.7. The zero-order chi connectivity index (χ0) is 50.8. The van der Waals surface area contributed by atoms with Gasteiger partial charge in [0.15, 0.2) is 0 Å². The van der Waals surface area contributed by atoms with E-state index in [2.05, 4.69) is 137 Å². The average Bonchev–Trinajstić information content (AvgIpc) is 3.26. The fourth-order valence-electron chi connectivity index (χ4n) is 7.31. The van der Waals surface area contributed by atoms with E-state index in [1.54, 1.807) is 0 Å². The van der Waals surface area contributed by atoms with Crippen molar-refractivity contribution in [3.8, 4) is 12.1 Å². The standard InChI is InChI=1S/C61H97N2O4P/c1-51(2)25-13-26-52(3)27-14-28-53(4)29-15-30-54(5)31-16-32-55(6)33-17-34-56(7)35-18-36-57(8)37-19-38-58(9)39-20-40-59(10)41-21-42-60(11)43-22-44-61(12)45-50-67-68(64,65-48-23-46-62)66-49-24-47-63/h25,27,29,31,33,35,37,39,41,43,45H,13-24,26,28,30,32,34,36,38,40,42,44,48-50H2,1-12H3/b52-27+,53-29+,54-31+,55-33+,56-35+,57-37+,58-39+,59-41+,60-43+,61-45+. The molecule has 0 aliphatic carbocycles. The first-order valence-corrected chi connectivity index (χ1v) is 27.4. The van der Waals surface area contributed by atoms with Crippen LogP contribution in [0.5, 0.6) is 0 Å². The molecule has 0 amide bonds. The van der Waals surface area contributed by atoms with Gasteiger partial charge in [-0.1, -0.05) is 128 Å². The molecule has 0 aromatic heterocycles. The molecular formula is C61H97N2O4P. The minimum absolute atomic E-state index is 0.0513. The van der Waals surface area contributed by atoms with Gasteiger partial charge >= 0.3 is 7.82 Å². The van der Waals surface area contributed by atoms with Crippen LogP contribution >= 0.6 is 7.82 Å². The number of phosphoric ester groups is 1. The highest BCUT2D eigenvalue weighted by Gasteiger charge is 2.26. The number of allylic oxidation sites excluding steroid dienone is 21. The van der Waals surface area contributed by atoms with Crippen molar-refractivity contribution in [2.75, 3.05) is 19.8 Å². The maximum Gasteiger partial charge on any atom is 0.475 e. The van der Waals surface area contributed by atoms with E-state index in [1.165, 1.54) is 75.0 Å². The largest absolute Gasteiger partial charge is 0.475 e. The Kier molecular flexibility index (Phi) is 39.8. The van der Waals surface area contributed by atoms with Gasteiger partial charge in [0.1, 0.15) is 0 Å². The van der Waals surface area contributed by atoms with Gasteiger partial charge in [0, 0.05) is 0 Å². The Morgan fingerprint density at radius 1 is 0.338 bits per heavy atom. The molecule has 0 saturated heterocycles. The predicted octanol–water partition coefficient (Wildman–Crippen LogP) is 20.2. The fraction of sp³-hybridized carbons (Fsp3) is 0.607. The lowest BCUT2D eigenvalue weighted by Crippen LogP contribution is -2.03. The van der Waals surface area contributed by atoms with Crippen molar-refractivity contribution in [3.05, 3.63) is 128 Å². The molecule has 0 aromatic rings. The second-order valence-electron chi connectivity index (χ2n) is 19.4. The molecule has 0 aliphatic heterocycles. The number of phosphoric acid groups is 1. The second kappa shape index (κ2) is 42.1. The summed E-state index contributed by atoms with van der Waals surface area (Å²) in [5, 5.41) is 17.5. The molecule has 0 atom stereocenters. The SMILES string of the molecule is CC(C)=CCC/C(C)=C/CC/C(C)=C/CC/C(C)=C/CC/C(C)=C/CC/C(C)=C/CC/C(C)=C/CC/C(C)=C/CC/C(C)=C/CC/C(C)=C/CC/C(C)=C/COP(=O)(OCCC#N)OCCC#N. The van der Waals surface area contributed by atoms with Crippen LogP contribution in [0.25, 0.3) is 0 Å². The molecule has 0 rings (SSSR count). The Morgan fingerprint density at radius 3 is 0.750 bits per heavy atom. The minimum atomic E-state index is -3.81. The summed E-state index contributed by atoms with van der Waals surface area (Å²) < 4.78 is 28.5. The van der Waals surface area contributed by atoms with E-state index < -0.39 is 7.82 Å². The average molecular weight is 953 g/mol. The molecule has 0 bridgehead atoms. The monoisotopic (exact) mass is 953 g/mol. The third-order valence-corrected chi connectivity index (χ3v) is 13.4. The quantitative estimate of drug-likeness (QED) is 0.0346. The number of hydrogen-bond donors (Lipinski definition) is 0. The normalized spacial score (nSPS) is 14.4. The van der Waals surface area contributed by atoms with Gasteiger partial charge in [0.05, 0.1) is 44.8 Å². The number of rotatable bonds is 39. The highest BCUT2D eigenvalue weighted by molar-refractivity contribution is 7.48. The van der Waals surface area contributed by atoms with Gasteiger partial charge in [-0.2, -0.15) is 10.5 Å². The van der Waals surface area contributed by atoms with Crippen LogP contribution in [0.2, 0.25) is 0 Å². The summed E-state index contributed by atoms with van der Waals surface area (Å²) in [7, 11) is -3.81. The van der Waals surface area contributed by atoms with Crippen molar-refractivity contribution < 1.29 is 18.1 Å². The van der Waals surface area contributed by atoms with Crippen LogP contribution in [0.1, 0.15) is 224 Å². The van der Waals surface area contributed by atoms with Crippen LogP contribution in [-0.4, -0.2) is 19.8 Å². The van der Waals surface area contributed by atoms with Crippen molar-refractivity contribution in [3.63, 3.8) is 0 Å². The summed E-state index contributed by atoms with van der Waals surface area (Å²) in [6.07, 6.45) is 48.3. The summed E-state index contributed by atoms with van der Waals surface area (Å²) in [5.41, 5.74) is 15.9. The topological polar surface area (TPSA) is 92.3 Å². The van der Waals surface area contributed by atoms with Gasteiger partial charge in [-0.15, -0.1) is 0 Å². The van der Waals surface area contributed by atoms with Gasteiger partial charge in [0.2, 0.25) is 0 Å². The van der Waals surface area contributed by atoms with Crippen molar-refractivity contribution >= 4 is 7.82 Å². The third kappa shape index (κ3) is 41.2. The zero-order valence-electron chi connectivity index (χ0n) is 45.5. The van der Waals surface area contributed by atoms with E-state index in [1.807, 2.05) is 25.1 Å². The molecule has 68 heavy (non-hydrogen) atoms. The predicted molar refractivity (Wildman–Crippen MR) is 295 cm³/mol. The molecule has 0 heterocycles. The molecule has 0 fully saturated rings. The van der Waals surface area contributed by atoms with E-state index in [0.29, 0.717) is 0 Å². The van der Waals surface area contributed by atoms with Gasteiger partial charge in [-0.25, -0.2) is 4.57 Å². The smallest absolute Gasteiger partial charge is 0.286 e. The summed E-state index contributed by atoms with van der Waals surface area (Å²) >= 11 is 0. The van der Waals surface area contributed by atoms with Crippen LogP contribution in [0.15, 0.2) is 128 Å². The molecule has 0 spiro atoms. The summed E-state index contributed by atoms with van der Waals surface area (Å²) in [6.45, 7) is 26.8. The zero-order valence-corrected chi connectivity index (χ0v) is 46.4. The Balaban J connectivity index is 4.37. The highest BCUT2D eigenvalue weighted by atomic mass is 31.2. The molecule has 0 aliphatic rings. The highest BCUT2D eigenvalue weighted by Crippen LogP contribution is 2.49. The molecule has 0 saturated carbocycles. The Morgan fingerprint density at radius 2 is 0.544 bits per heavy atom. The lowest BCUT2D eigenvalue weighted by molar-refractivity contribution is 0.125. The molecule has 380 valence electrons. The van der Waals surface area contributed by atoms with E-state index in [-0.39, 0.29) is 32.7 Å². The summed E-state index contributed by atoms with van der Waals surface area (Å²) in [5.74, 6) is 0. The molecule has 6 nitrogen and oxygen atoms in total. The minimum Gasteiger partial charge on any atom is -0.286 e. The van der Waals surface area contributed by atoms with Crippen LogP contribution in [0.3, 0.4) is 0 Å². The first-order chi connectivity index (χ1) is 32.5. The van der Waals surface area contributed by atoms with E-state index in [9.17, 15) is 4.57 Å². The molecule has 0 radical (unpaired) electrons. The van der Waals surface area contributed by atoms with Gasteiger partial charge in [-0.05, 0) is 212 Å². The number of nitrogens with zero attached hydrogens (tertiary/aromatic N) is 2. The Hall–Kier alpha value is -3.77. The molecular weight excluding hydrogens is 856 g/mol. The number of hydrogen-bond acceptors (Lipinski definition) is 6. The van der Waals surface area contributed by atoms with Crippen molar-refractivity contribution in [2.24, 2.45) is 0 Å². The first-order valence-electron chi connectivity index (χ1n) is 26.0. The second-order valence-corrected chi connectivity index (χ2v) is 21.1. The molecule has 7 heteroatoms. The Bertz CT molecular complexity index is 1890. The first kappa shape index (κ1) is 64.2. The van der Waals surface area contributed by atoms with E-state index in [4.69, 9.17) is 24.1 Å². The lowest BCUT2D eigenvalue weighted by atomic mass is 10.0. The molecule has 0 aromatic carbocycles. The third-order valence-electron chi connectivity index (χ3n) is 12.0. The lowest BCUT2D eigenvalue weighted by Gasteiger charge is -2.16. The summed E-state index contributed by atoms with van der Waals surface area (Å²) in [4.78, 5) is 0. The van der Waals surface area contributed by atoms with Gasteiger partial charge < -0.3 is 0 Å². The fourth-order valence-corrected chi connectivity index (χ4v) is 8.42. The van der Waals surface area contributed by atoms with Gasteiger partial charge in [0.25, 0.3) is 0 Å². The van der Waals surface area contributed by atoms with Crippen LogP contribution < -0.4 is 0 Å². The Labute approximate surface area is 419 Å². The van der Waals surface area contributed by atoms with Crippen LogP contribution in [0.4, 0.5) is 0 Å². The van der Waals surface area contributed by atoms with E-state index >= 15 is 0 Å². The maximum absolute atomic E-state index is 12.7. The van der Waals surface area contributed by atoms with Gasteiger partial charge in [-0.3, -0.25) is 13.6 Å². The van der Waals surface area contributed by atoms with Crippen molar-refractivity contribution in [1.29, 1.82) is 10.5 Å². The van der Waals surface area contributed by atoms with E-state index in [0.717, 1.165) is 115 Å². The van der Waals surface area contributed by atoms with Crippen LogP contribution in [0, 0.1) is 22.7 Å². The van der Waals surface area contributed by atoms with Crippen molar-refractivity contribution in [2.45, 2.75) is 224 Å². The summed E-state index contributed by atoms with van der Waals surface area (Å²) in [6, 6.07) is 3.87.